The summed E-state index contributed by atoms with van der Waals surface area (Å²) in [5, 5.41) is 7.91. The molecule has 0 radical (unpaired) electrons. The standard InChI is InChI=1S/C14H15N3S/c1-10(2)9-16-14(18)17-12-7-3-5-11-6-4-8-15-13(11)12/h3-8H,1,9H2,2H3,(H2,16,17,18). The molecule has 2 rings (SSSR count). The zero-order chi connectivity index (χ0) is 13.0. The van der Waals surface area contributed by atoms with Crippen molar-refractivity contribution in [2.45, 2.75) is 6.92 Å². The molecule has 0 saturated carbocycles. The van der Waals surface area contributed by atoms with Gasteiger partial charge in [0.25, 0.3) is 0 Å². The van der Waals surface area contributed by atoms with Gasteiger partial charge in [-0.25, -0.2) is 0 Å². The van der Waals surface area contributed by atoms with E-state index in [9.17, 15) is 0 Å². The number of thiocarbonyl (C=S) groups is 1. The normalized spacial score (nSPS) is 10.1. The smallest absolute Gasteiger partial charge is 0.171 e. The summed E-state index contributed by atoms with van der Waals surface area (Å²) in [4.78, 5) is 4.36. The Hall–Kier alpha value is -1.94. The molecule has 0 aliphatic heterocycles. The molecular weight excluding hydrogens is 242 g/mol. The molecule has 18 heavy (non-hydrogen) atoms. The van der Waals surface area contributed by atoms with E-state index in [1.807, 2.05) is 37.3 Å². The van der Waals surface area contributed by atoms with Gasteiger partial charge in [-0.2, -0.15) is 0 Å². The van der Waals surface area contributed by atoms with Crippen molar-refractivity contribution < 1.29 is 0 Å². The number of benzene rings is 1. The average molecular weight is 257 g/mol. The first-order chi connectivity index (χ1) is 8.66. The van der Waals surface area contributed by atoms with Crippen LogP contribution in [0.3, 0.4) is 0 Å². The lowest BCUT2D eigenvalue weighted by atomic mass is 10.2. The molecule has 1 aromatic carbocycles. The molecule has 0 saturated heterocycles. The van der Waals surface area contributed by atoms with Crippen molar-refractivity contribution >= 4 is 33.9 Å². The van der Waals surface area contributed by atoms with Gasteiger partial charge in [0.15, 0.2) is 5.11 Å². The minimum Gasteiger partial charge on any atom is -0.359 e. The zero-order valence-electron chi connectivity index (χ0n) is 10.2. The van der Waals surface area contributed by atoms with Crippen LogP contribution in [0.4, 0.5) is 5.69 Å². The minimum absolute atomic E-state index is 0.580. The molecule has 0 amide bonds. The summed E-state index contributed by atoms with van der Waals surface area (Å²) < 4.78 is 0. The second-order valence-corrected chi connectivity index (χ2v) is 4.55. The number of hydrogen-bond donors (Lipinski definition) is 2. The number of para-hydroxylation sites is 1. The number of nitrogens with one attached hydrogen (secondary N) is 2. The maximum Gasteiger partial charge on any atom is 0.171 e. The van der Waals surface area contributed by atoms with Crippen LogP contribution in [0, 0.1) is 0 Å². The third-order valence-corrected chi connectivity index (χ3v) is 2.68. The van der Waals surface area contributed by atoms with Crippen LogP contribution in [0.1, 0.15) is 6.92 Å². The predicted octanol–water partition coefficient (Wildman–Crippen LogP) is 3.10. The SMILES string of the molecule is C=C(C)CNC(=S)Nc1cccc2cccnc12. The van der Waals surface area contributed by atoms with Gasteiger partial charge in [0.05, 0.1) is 11.2 Å². The molecule has 0 unspecified atom stereocenters. The first-order valence-electron chi connectivity index (χ1n) is 5.70. The molecule has 2 aromatic rings. The fraction of sp³-hybridized carbons (Fsp3) is 0.143. The summed E-state index contributed by atoms with van der Waals surface area (Å²) in [6.07, 6.45) is 1.78. The maximum atomic E-state index is 5.23. The predicted molar refractivity (Wildman–Crippen MR) is 80.8 cm³/mol. The number of nitrogens with zero attached hydrogens (tertiary/aromatic N) is 1. The Labute approximate surface area is 112 Å². The molecule has 0 aliphatic rings. The Morgan fingerprint density at radius 3 is 2.89 bits per heavy atom. The molecule has 3 nitrogen and oxygen atoms in total. The van der Waals surface area contributed by atoms with Crippen molar-refractivity contribution in [1.82, 2.24) is 10.3 Å². The Bertz CT molecular complexity index is 587. The fourth-order valence-electron chi connectivity index (χ4n) is 1.60. The quantitative estimate of drug-likeness (QED) is 0.654. The molecular formula is C14H15N3S. The van der Waals surface area contributed by atoms with Crippen LogP contribution in [0.2, 0.25) is 0 Å². The third kappa shape index (κ3) is 3.05. The van der Waals surface area contributed by atoms with Crippen LogP contribution < -0.4 is 10.6 Å². The Morgan fingerprint density at radius 1 is 1.33 bits per heavy atom. The topological polar surface area (TPSA) is 37.0 Å². The molecule has 1 aromatic heterocycles. The summed E-state index contributed by atoms with van der Waals surface area (Å²) in [7, 11) is 0. The number of pyridine rings is 1. The fourth-order valence-corrected chi connectivity index (χ4v) is 1.78. The first-order valence-corrected chi connectivity index (χ1v) is 6.10. The molecule has 0 fully saturated rings. The van der Waals surface area contributed by atoms with Gasteiger partial charge in [-0.05, 0) is 31.3 Å². The Kier molecular flexibility index (Phi) is 3.89. The Balaban J connectivity index is 2.16. The van der Waals surface area contributed by atoms with Gasteiger partial charge in [-0.1, -0.05) is 30.4 Å². The Morgan fingerprint density at radius 2 is 2.11 bits per heavy atom. The van der Waals surface area contributed by atoms with Crippen molar-refractivity contribution in [2.75, 3.05) is 11.9 Å². The van der Waals surface area contributed by atoms with Crippen LogP contribution in [-0.2, 0) is 0 Å². The van der Waals surface area contributed by atoms with Crippen LogP contribution in [0.5, 0.6) is 0 Å². The summed E-state index contributed by atoms with van der Waals surface area (Å²) in [6.45, 7) is 6.45. The maximum absolute atomic E-state index is 5.23. The zero-order valence-corrected chi connectivity index (χ0v) is 11.1. The lowest BCUT2D eigenvalue weighted by Gasteiger charge is -2.11. The second-order valence-electron chi connectivity index (χ2n) is 4.15. The van der Waals surface area contributed by atoms with Crippen molar-refractivity contribution in [2.24, 2.45) is 0 Å². The monoisotopic (exact) mass is 257 g/mol. The summed E-state index contributed by atoms with van der Waals surface area (Å²) >= 11 is 5.23. The van der Waals surface area contributed by atoms with Crippen LogP contribution in [0.25, 0.3) is 10.9 Å². The third-order valence-electron chi connectivity index (χ3n) is 2.43. The lowest BCUT2D eigenvalue weighted by molar-refractivity contribution is 1.000. The summed E-state index contributed by atoms with van der Waals surface area (Å²) in [6, 6.07) is 9.91. The number of anilines is 1. The number of aromatic nitrogens is 1. The van der Waals surface area contributed by atoms with E-state index in [-0.39, 0.29) is 0 Å². The van der Waals surface area contributed by atoms with Gasteiger partial charge >= 0.3 is 0 Å². The van der Waals surface area contributed by atoms with Crippen LogP contribution in [0.15, 0.2) is 48.7 Å². The highest BCUT2D eigenvalue weighted by Gasteiger charge is 2.03. The first kappa shape index (κ1) is 12.5. The highest BCUT2D eigenvalue weighted by Crippen LogP contribution is 2.20. The van der Waals surface area contributed by atoms with Gasteiger partial charge in [-0.3, -0.25) is 4.98 Å². The van der Waals surface area contributed by atoms with Crippen LogP contribution in [-0.4, -0.2) is 16.6 Å². The largest absolute Gasteiger partial charge is 0.359 e. The summed E-state index contributed by atoms with van der Waals surface area (Å²) in [5.74, 6) is 0. The van der Waals surface area contributed by atoms with Crippen molar-refractivity contribution in [3.8, 4) is 0 Å². The highest BCUT2D eigenvalue weighted by atomic mass is 32.1. The van der Waals surface area contributed by atoms with Gasteiger partial charge in [0.2, 0.25) is 0 Å². The molecule has 92 valence electrons. The minimum atomic E-state index is 0.580. The number of rotatable bonds is 3. The van der Waals surface area contributed by atoms with E-state index in [1.165, 1.54) is 0 Å². The molecule has 0 spiro atoms. The van der Waals surface area contributed by atoms with Crippen molar-refractivity contribution in [1.29, 1.82) is 0 Å². The molecule has 0 bridgehead atoms. The average Bonchev–Trinajstić information content (AvgIpc) is 2.37. The van der Waals surface area contributed by atoms with Gasteiger partial charge in [0.1, 0.15) is 0 Å². The van der Waals surface area contributed by atoms with Crippen molar-refractivity contribution in [3.63, 3.8) is 0 Å². The molecule has 0 aliphatic carbocycles. The number of fused-ring (bicyclic) bond motifs is 1. The summed E-state index contributed by atoms with van der Waals surface area (Å²) in [5.41, 5.74) is 2.86. The highest BCUT2D eigenvalue weighted by molar-refractivity contribution is 7.80. The van der Waals surface area contributed by atoms with E-state index < -0.39 is 0 Å². The van der Waals surface area contributed by atoms with Gasteiger partial charge in [-0.15, -0.1) is 0 Å². The van der Waals surface area contributed by atoms with Gasteiger partial charge < -0.3 is 10.6 Å². The van der Waals surface area contributed by atoms with E-state index in [0.29, 0.717) is 11.7 Å². The lowest BCUT2D eigenvalue weighted by Crippen LogP contribution is -2.29. The van der Waals surface area contributed by atoms with E-state index in [2.05, 4.69) is 22.2 Å². The van der Waals surface area contributed by atoms with E-state index >= 15 is 0 Å². The molecule has 1 heterocycles. The molecule has 0 atom stereocenters. The van der Waals surface area contributed by atoms with E-state index in [4.69, 9.17) is 12.2 Å². The molecule has 4 heteroatoms. The molecule has 2 N–H and O–H groups in total. The van der Waals surface area contributed by atoms with Crippen molar-refractivity contribution in [3.05, 3.63) is 48.7 Å². The van der Waals surface area contributed by atoms with E-state index in [1.54, 1.807) is 6.20 Å². The second kappa shape index (κ2) is 5.60. The van der Waals surface area contributed by atoms with Gasteiger partial charge in [0, 0.05) is 18.1 Å². The van der Waals surface area contributed by atoms with Crippen LogP contribution >= 0.6 is 12.2 Å². The number of hydrogen-bond acceptors (Lipinski definition) is 2. The van der Waals surface area contributed by atoms with E-state index in [0.717, 1.165) is 22.2 Å².